The zero-order valence-electron chi connectivity index (χ0n) is 54.6. The van der Waals surface area contributed by atoms with Crippen molar-refractivity contribution in [2.45, 2.75) is 193 Å². The van der Waals surface area contributed by atoms with E-state index in [0.29, 0.717) is 13.2 Å². The zero-order valence-corrected chi connectivity index (χ0v) is 57.0. The second kappa shape index (κ2) is 31.2. The lowest BCUT2D eigenvalue weighted by molar-refractivity contribution is 0.304. The van der Waals surface area contributed by atoms with Crippen LogP contribution in [0, 0.1) is 0 Å². The summed E-state index contributed by atoms with van der Waals surface area (Å²) in [6.45, 7) is 12.0. The van der Waals surface area contributed by atoms with Crippen molar-refractivity contribution in [2.24, 2.45) is 0 Å². The number of thiophene rings is 2. The van der Waals surface area contributed by atoms with Gasteiger partial charge in [0, 0.05) is 26.4 Å². The van der Waals surface area contributed by atoms with Crippen LogP contribution >= 0.6 is 34.4 Å². The number of hydrogen-bond donors (Lipinski definition) is 0. The van der Waals surface area contributed by atoms with E-state index in [1.165, 1.54) is 215 Å². The Hall–Kier alpha value is -6.78. The summed E-state index contributed by atoms with van der Waals surface area (Å²) in [5, 5.41) is 0. The summed E-state index contributed by atoms with van der Waals surface area (Å²) in [7, 11) is 0. The summed E-state index contributed by atoms with van der Waals surface area (Å²) >= 11 is 5.26. The van der Waals surface area contributed by atoms with Crippen LogP contribution in [-0.4, -0.2) is 35.2 Å². The molecule has 6 nitrogen and oxygen atoms in total. The van der Waals surface area contributed by atoms with E-state index in [4.69, 9.17) is 27.7 Å². The van der Waals surface area contributed by atoms with Crippen molar-refractivity contribution in [2.75, 3.05) is 26.4 Å². The Labute approximate surface area is 555 Å². The van der Waals surface area contributed by atoms with Crippen molar-refractivity contribution in [3.63, 3.8) is 0 Å². The van der Waals surface area contributed by atoms with Gasteiger partial charge in [0.25, 0.3) is 0 Å². The maximum atomic E-state index is 6.60. The second-order valence-electron chi connectivity index (χ2n) is 25.6. The predicted octanol–water partition coefficient (Wildman–Crippen LogP) is 24.3. The van der Waals surface area contributed by atoms with Crippen molar-refractivity contribution in [1.82, 2.24) is 8.75 Å². The van der Waals surface area contributed by atoms with Crippen LogP contribution in [-0.2, 0) is 10.8 Å². The molecule has 10 aromatic rings. The Morgan fingerprint density at radius 1 is 0.330 bits per heavy atom. The Morgan fingerprint density at radius 2 is 0.692 bits per heavy atom. The molecule has 0 fully saturated rings. The number of unbranched alkanes of at least 4 members (excludes halogenated alkanes) is 20. The van der Waals surface area contributed by atoms with E-state index in [1.807, 2.05) is 22.7 Å². The molecule has 0 N–H and O–H groups in total. The van der Waals surface area contributed by atoms with Crippen LogP contribution in [0.5, 0.6) is 23.0 Å². The highest BCUT2D eigenvalue weighted by atomic mass is 32.1. The van der Waals surface area contributed by atoms with Crippen molar-refractivity contribution >= 4 is 54.8 Å². The van der Waals surface area contributed by atoms with E-state index in [1.54, 1.807) is 0 Å². The Morgan fingerprint density at radius 3 is 1.11 bits per heavy atom. The molecule has 0 amide bonds. The summed E-state index contributed by atoms with van der Waals surface area (Å²) in [5.41, 5.74) is 15.4. The first kappa shape index (κ1) is 64.3. The van der Waals surface area contributed by atoms with Crippen LogP contribution in [0.1, 0.15) is 226 Å². The van der Waals surface area contributed by atoms with Gasteiger partial charge in [0.2, 0.25) is 0 Å². The van der Waals surface area contributed by atoms with Crippen LogP contribution in [0.2, 0.25) is 0 Å². The summed E-state index contributed by atoms with van der Waals surface area (Å²) in [6.07, 6.45) is 29.5. The van der Waals surface area contributed by atoms with Gasteiger partial charge < -0.3 is 18.9 Å². The standard InChI is InChI=1S/C82H94N2O4S3/c1-5-9-13-17-21-27-54-85-64-45-37-60(38-46-64)81(61-39-47-65(48-40-61)86-55-28-22-18-14-10-6-2)71-34-26-25-32-69(71)77-74(81)79-80(89-77)75-78(90-79)70-53-36-59(68-33-31-35-73-76(68)84-91-83-73)58-72(70)82(75,62-41-49-66(50-42-62)87-56-29-23-19-15-11-7-3)63-43-51-67(52-44-63)88-57-30-24-20-16-12-8-4/h25-26,31-53,58H,5-24,27-30,54-57H2,1-4H3. The topological polar surface area (TPSA) is 62.7 Å². The molecule has 0 saturated heterocycles. The highest BCUT2D eigenvalue weighted by Crippen LogP contribution is 2.68. The molecule has 0 saturated carbocycles. The molecule has 9 heteroatoms. The van der Waals surface area contributed by atoms with Crippen LogP contribution < -0.4 is 18.9 Å². The van der Waals surface area contributed by atoms with Crippen LogP contribution in [0.15, 0.2) is 158 Å². The van der Waals surface area contributed by atoms with Crippen molar-refractivity contribution in [3.8, 4) is 55.0 Å². The minimum atomic E-state index is -0.743. The maximum Gasteiger partial charge on any atom is 0.119 e. The second-order valence-corrected chi connectivity index (χ2v) is 28.1. The predicted molar refractivity (Wildman–Crippen MR) is 386 cm³/mol. The zero-order chi connectivity index (χ0) is 62.2. The molecular weight excluding hydrogens is 1170 g/mol. The van der Waals surface area contributed by atoms with Gasteiger partial charge >= 0.3 is 0 Å². The van der Waals surface area contributed by atoms with E-state index in [0.717, 1.165) is 84.1 Å². The van der Waals surface area contributed by atoms with Gasteiger partial charge in [0.05, 0.1) is 58.4 Å². The quantitative estimate of drug-likeness (QED) is 0.0362. The van der Waals surface area contributed by atoms with E-state index < -0.39 is 10.8 Å². The molecule has 2 aliphatic carbocycles. The van der Waals surface area contributed by atoms with Gasteiger partial charge in [-0.25, -0.2) is 0 Å². The molecule has 474 valence electrons. The molecule has 2 aliphatic rings. The highest BCUT2D eigenvalue weighted by molar-refractivity contribution is 7.32. The third-order valence-electron chi connectivity index (χ3n) is 19.3. The van der Waals surface area contributed by atoms with Gasteiger partial charge in [-0.3, -0.25) is 0 Å². The molecule has 3 heterocycles. The summed E-state index contributed by atoms with van der Waals surface area (Å²) in [4.78, 5) is 2.64. The number of rotatable bonds is 37. The van der Waals surface area contributed by atoms with E-state index in [9.17, 15) is 0 Å². The normalized spacial score (nSPS) is 13.4. The molecule has 0 atom stereocenters. The molecule has 3 aromatic heterocycles. The van der Waals surface area contributed by atoms with Crippen LogP contribution in [0.25, 0.3) is 52.4 Å². The highest BCUT2D eigenvalue weighted by Gasteiger charge is 2.54. The number of nitrogens with zero attached hydrogens (tertiary/aromatic N) is 2. The van der Waals surface area contributed by atoms with Gasteiger partial charge in [-0.2, -0.15) is 8.75 Å². The fraction of sp³-hybridized carbons (Fsp3) is 0.415. The lowest BCUT2D eigenvalue weighted by atomic mass is 9.66. The van der Waals surface area contributed by atoms with Crippen molar-refractivity contribution < 1.29 is 18.9 Å². The van der Waals surface area contributed by atoms with Gasteiger partial charge in [0.15, 0.2) is 0 Å². The molecule has 0 spiro atoms. The van der Waals surface area contributed by atoms with Crippen molar-refractivity contribution in [3.05, 3.63) is 202 Å². The lowest BCUT2D eigenvalue weighted by Crippen LogP contribution is -2.29. The monoisotopic (exact) mass is 1270 g/mol. The van der Waals surface area contributed by atoms with E-state index >= 15 is 0 Å². The fourth-order valence-electron chi connectivity index (χ4n) is 14.6. The molecule has 0 radical (unpaired) electrons. The van der Waals surface area contributed by atoms with E-state index in [2.05, 4.69) is 185 Å². The average molecular weight is 1270 g/mol. The Balaban J connectivity index is 1.02. The van der Waals surface area contributed by atoms with Crippen LogP contribution in [0.4, 0.5) is 0 Å². The molecular formula is C82H94N2O4S3. The van der Waals surface area contributed by atoms with Gasteiger partial charge in [-0.15, -0.1) is 22.7 Å². The number of aromatic nitrogens is 2. The summed E-state index contributed by atoms with van der Waals surface area (Å²) in [6, 6.07) is 59.7. The number of hydrogen-bond acceptors (Lipinski definition) is 9. The first-order valence-corrected chi connectivity index (χ1v) is 37.4. The summed E-state index contributed by atoms with van der Waals surface area (Å²) in [5.74, 6) is 3.66. The minimum absolute atomic E-state index is 0.655. The summed E-state index contributed by atoms with van der Waals surface area (Å²) < 4.78 is 38.6. The Bertz CT molecular complexity index is 3790. The molecule has 91 heavy (non-hydrogen) atoms. The molecule has 0 unspecified atom stereocenters. The van der Waals surface area contributed by atoms with Gasteiger partial charge in [-0.1, -0.05) is 253 Å². The molecule has 0 aliphatic heterocycles. The average Bonchev–Trinajstić information content (AvgIpc) is 1.50. The molecule has 0 bridgehead atoms. The third kappa shape index (κ3) is 13.6. The molecule has 7 aromatic carbocycles. The van der Waals surface area contributed by atoms with E-state index in [-0.39, 0.29) is 0 Å². The number of benzene rings is 7. The maximum absolute atomic E-state index is 6.60. The van der Waals surface area contributed by atoms with Crippen LogP contribution in [0.3, 0.4) is 0 Å². The third-order valence-corrected chi connectivity index (χ3v) is 22.5. The fourth-order valence-corrected chi connectivity index (χ4v) is 18.3. The number of fused-ring (bicyclic) bond motifs is 10. The van der Waals surface area contributed by atoms with Crippen molar-refractivity contribution in [1.29, 1.82) is 0 Å². The number of ether oxygens (including phenoxy) is 4. The van der Waals surface area contributed by atoms with Gasteiger partial charge in [0.1, 0.15) is 34.0 Å². The first-order valence-electron chi connectivity index (χ1n) is 35.0. The minimum Gasteiger partial charge on any atom is -0.494 e. The van der Waals surface area contributed by atoms with Gasteiger partial charge in [-0.05, 0) is 136 Å². The largest absolute Gasteiger partial charge is 0.494 e. The SMILES string of the molecule is CCCCCCCCOc1ccc(C2(c3ccc(OCCCCCCCC)cc3)c3ccccc3-c3sc4c5c(sc4c32)-c2ccc(-c3cccc4nsnc34)cc2C5(c2ccc(OCCCCCCCC)cc2)c2ccc(OCCCCCCCC)cc2)cc1. The molecule has 12 rings (SSSR count). The smallest absolute Gasteiger partial charge is 0.119 e. The Kier molecular flexibility index (Phi) is 22.1. The lowest BCUT2D eigenvalue weighted by Gasteiger charge is -2.34. The first-order chi connectivity index (χ1) is 45.0.